The van der Waals surface area contributed by atoms with E-state index in [2.05, 4.69) is 10.4 Å². The number of hydrogen-bond acceptors (Lipinski definition) is 8. The van der Waals surface area contributed by atoms with E-state index in [9.17, 15) is 14.9 Å². The highest BCUT2D eigenvalue weighted by molar-refractivity contribution is 5.67. The number of nitrogens with one attached hydrogen (secondary N) is 1. The minimum absolute atomic E-state index is 0.0420. The first-order chi connectivity index (χ1) is 12.8. The van der Waals surface area contributed by atoms with E-state index < -0.39 is 16.6 Å². The van der Waals surface area contributed by atoms with Gasteiger partial charge in [-0.3, -0.25) is 14.8 Å². The van der Waals surface area contributed by atoms with E-state index in [0.717, 1.165) is 0 Å². The molecule has 0 bridgehead atoms. The monoisotopic (exact) mass is 388 g/mol. The van der Waals surface area contributed by atoms with Crippen LogP contribution >= 0.6 is 0 Å². The summed E-state index contributed by atoms with van der Waals surface area (Å²) in [7, 11) is 0. The molecule has 0 aliphatic rings. The van der Waals surface area contributed by atoms with Crippen molar-refractivity contribution in [3.05, 3.63) is 22.5 Å². The van der Waals surface area contributed by atoms with E-state index in [1.807, 2.05) is 0 Å². The Bertz CT molecular complexity index is 571. The molecule has 0 atom stereocenters. The molecule has 0 saturated carbocycles. The Morgan fingerprint density at radius 1 is 1.15 bits per heavy atom. The average Bonchev–Trinajstić information content (AvgIpc) is 3.03. The number of carbonyl (C=O) groups excluding carboxylic acids is 1. The molecule has 0 aromatic carbocycles. The van der Waals surface area contributed by atoms with Crippen LogP contribution in [-0.4, -0.2) is 72.6 Å². The van der Waals surface area contributed by atoms with Gasteiger partial charge in [0.05, 0.1) is 51.1 Å². The Labute approximate surface area is 158 Å². The van der Waals surface area contributed by atoms with Gasteiger partial charge >= 0.3 is 11.8 Å². The highest BCUT2D eigenvalue weighted by Gasteiger charge is 2.15. The average molecular weight is 388 g/mol. The SMILES string of the molecule is CC(C)(C)OC(=O)NCCOCCOCCOCCn1cc([N+](=O)[O-])cn1. The Morgan fingerprint density at radius 3 is 2.30 bits per heavy atom. The molecule has 11 nitrogen and oxygen atoms in total. The predicted octanol–water partition coefficient (Wildman–Crippen LogP) is 1.37. The second-order valence-electron chi connectivity index (χ2n) is 6.48. The summed E-state index contributed by atoms with van der Waals surface area (Å²) in [6.07, 6.45) is 2.09. The number of amides is 1. The first kappa shape index (κ1) is 22.8. The molecule has 1 heterocycles. The zero-order valence-corrected chi connectivity index (χ0v) is 16.0. The quantitative estimate of drug-likeness (QED) is 0.305. The normalized spacial score (nSPS) is 11.4. The molecule has 0 aliphatic heterocycles. The van der Waals surface area contributed by atoms with Crippen LogP contribution in [0.5, 0.6) is 0 Å². The van der Waals surface area contributed by atoms with E-state index >= 15 is 0 Å². The van der Waals surface area contributed by atoms with Crippen LogP contribution in [-0.2, 0) is 25.5 Å². The van der Waals surface area contributed by atoms with Crippen LogP contribution in [0, 0.1) is 10.1 Å². The molecule has 11 heteroatoms. The molecule has 27 heavy (non-hydrogen) atoms. The fourth-order valence-electron chi connectivity index (χ4n) is 1.81. The van der Waals surface area contributed by atoms with Crippen molar-refractivity contribution in [1.29, 1.82) is 0 Å². The van der Waals surface area contributed by atoms with Gasteiger partial charge in [0.15, 0.2) is 0 Å². The van der Waals surface area contributed by atoms with Gasteiger partial charge in [-0.15, -0.1) is 0 Å². The highest BCUT2D eigenvalue weighted by atomic mass is 16.6. The van der Waals surface area contributed by atoms with Crippen molar-refractivity contribution < 1.29 is 28.7 Å². The summed E-state index contributed by atoms with van der Waals surface area (Å²) >= 11 is 0. The maximum Gasteiger partial charge on any atom is 0.407 e. The van der Waals surface area contributed by atoms with Crippen LogP contribution in [0.1, 0.15) is 20.8 Å². The van der Waals surface area contributed by atoms with Crippen molar-refractivity contribution in [3.8, 4) is 0 Å². The molecule has 0 aliphatic carbocycles. The molecule has 0 spiro atoms. The number of ether oxygens (including phenoxy) is 4. The lowest BCUT2D eigenvalue weighted by Gasteiger charge is -2.19. The number of nitrogens with zero attached hydrogens (tertiary/aromatic N) is 3. The Balaban J connectivity index is 1.86. The summed E-state index contributed by atoms with van der Waals surface area (Å²) in [6, 6.07) is 0. The molecule has 0 unspecified atom stereocenters. The lowest BCUT2D eigenvalue weighted by atomic mass is 10.2. The van der Waals surface area contributed by atoms with Crippen LogP contribution in [0.25, 0.3) is 0 Å². The molecule has 154 valence electrons. The number of nitro groups is 1. The van der Waals surface area contributed by atoms with Gasteiger partial charge in [-0.2, -0.15) is 5.10 Å². The number of alkyl carbamates (subject to hydrolysis) is 1. The summed E-state index contributed by atoms with van der Waals surface area (Å²) in [4.78, 5) is 21.4. The lowest BCUT2D eigenvalue weighted by Crippen LogP contribution is -2.34. The minimum Gasteiger partial charge on any atom is -0.444 e. The van der Waals surface area contributed by atoms with E-state index in [0.29, 0.717) is 52.7 Å². The Hall–Kier alpha value is -2.24. The summed E-state index contributed by atoms with van der Waals surface area (Å²) in [5, 5.41) is 17.0. The van der Waals surface area contributed by atoms with E-state index in [1.54, 1.807) is 20.8 Å². The van der Waals surface area contributed by atoms with Gasteiger partial charge in [-0.25, -0.2) is 4.79 Å². The molecular weight excluding hydrogens is 360 g/mol. The first-order valence-corrected chi connectivity index (χ1v) is 8.65. The molecule has 0 fully saturated rings. The summed E-state index contributed by atoms with van der Waals surface area (Å²) < 4.78 is 22.6. The number of aromatic nitrogens is 2. The molecule has 1 rings (SSSR count). The lowest BCUT2D eigenvalue weighted by molar-refractivity contribution is -0.385. The van der Waals surface area contributed by atoms with Crippen LogP contribution in [0.15, 0.2) is 12.4 Å². The van der Waals surface area contributed by atoms with Crippen molar-refractivity contribution in [2.75, 3.05) is 46.2 Å². The van der Waals surface area contributed by atoms with Gasteiger partial charge in [0.25, 0.3) is 0 Å². The molecule has 1 N–H and O–H groups in total. The van der Waals surface area contributed by atoms with Crippen molar-refractivity contribution in [3.63, 3.8) is 0 Å². The van der Waals surface area contributed by atoms with E-state index in [-0.39, 0.29) is 5.69 Å². The maximum atomic E-state index is 11.4. The second kappa shape index (κ2) is 12.2. The van der Waals surface area contributed by atoms with Gasteiger partial charge in [-0.05, 0) is 20.8 Å². The van der Waals surface area contributed by atoms with Crippen molar-refractivity contribution >= 4 is 11.8 Å². The minimum atomic E-state index is -0.517. The molecule has 0 saturated heterocycles. The van der Waals surface area contributed by atoms with Gasteiger partial charge < -0.3 is 24.3 Å². The van der Waals surface area contributed by atoms with Crippen molar-refractivity contribution in [2.24, 2.45) is 0 Å². The molecule has 1 aromatic rings. The number of hydrogen-bond donors (Lipinski definition) is 1. The highest BCUT2D eigenvalue weighted by Crippen LogP contribution is 2.07. The zero-order valence-electron chi connectivity index (χ0n) is 16.0. The Morgan fingerprint density at radius 2 is 1.74 bits per heavy atom. The Kier molecular flexibility index (Phi) is 10.3. The molecule has 1 aromatic heterocycles. The summed E-state index contributed by atoms with van der Waals surface area (Å²) in [5.41, 5.74) is -0.559. The maximum absolute atomic E-state index is 11.4. The molecule has 1 amide bonds. The van der Waals surface area contributed by atoms with E-state index in [4.69, 9.17) is 18.9 Å². The number of rotatable bonds is 13. The first-order valence-electron chi connectivity index (χ1n) is 8.65. The topological polar surface area (TPSA) is 127 Å². The second-order valence-corrected chi connectivity index (χ2v) is 6.48. The third-order valence-electron chi connectivity index (χ3n) is 2.95. The van der Waals surface area contributed by atoms with E-state index in [1.165, 1.54) is 17.1 Å². The standard InChI is InChI=1S/C16H28N4O7/c1-16(2,3)27-15(21)17-4-6-24-8-10-26-11-9-25-7-5-19-13-14(12-18-19)20(22)23/h12-13H,4-11H2,1-3H3,(H,17,21). The van der Waals surface area contributed by atoms with Crippen molar-refractivity contribution in [1.82, 2.24) is 15.1 Å². The van der Waals surface area contributed by atoms with Gasteiger partial charge in [0.2, 0.25) is 0 Å². The summed E-state index contributed by atoms with van der Waals surface area (Å²) in [6.45, 7) is 8.60. The molecular formula is C16H28N4O7. The van der Waals surface area contributed by atoms with Crippen LogP contribution in [0.4, 0.5) is 10.5 Å². The molecule has 0 radical (unpaired) electrons. The van der Waals surface area contributed by atoms with Crippen molar-refractivity contribution in [2.45, 2.75) is 32.9 Å². The van der Waals surface area contributed by atoms with Crippen LogP contribution in [0.3, 0.4) is 0 Å². The van der Waals surface area contributed by atoms with Crippen LogP contribution in [0.2, 0.25) is 0 Å². The van der Waals surface area contributed by atoms with Crippen LogP contribution < -0.4 is 5.32 Å². The zero-order chi connectivity index (χ0) is 20.1. The number of carbonyl (C=O) groups is 1. The third-order valence-corrected chi connectivity index (χ3v) is 2.95. The smallest absolute Gasteiger partial charge is 0.407 e. The van der Waals surface area contributed by atoms with Gasteiger partial charge in [-0.1, -0.05) is 0 Å². The fraction of sp³-hybridized carbons (Fsp3) is 0.750. The van der Waals surface area contributed by atoms with Gasteiger partial charge in [0.1, 0.15) is 18.0 Å². The third kappa shape index (κ3) is 11.9. The predicted molar refractivity (Wildman–Crippen MR) is 95.6 cm³/mol. The largest absolute Gasteiger partial charge is 0.444 e. The summed E-state index contributed by atoms with van der Waals surface area (Å²) in [5.74, 6) is 0. The van der Waals surface area contributed by atoms with Gasteiger partial charge in [0, 0.05) is 6.54 Å². The fourth-order valence-corrected chi connectivity index (χ4v) is 1.81.